The van der Waals surface area contributed by atoms with Crippen molar-refractivity contribution < 1.29 is 9.53 Å². The lowest BCUT2D eigenvalue weighted by molar-refractivity contribution is -0.120. The second-order valence-corrected chi connectivity index (χ2v) is 8.17. The van der Waals surface area contributed by atoms with Crippen LogP contribution in [0, 0.1) is 5.92 Å². The Balaban J connectivity index is 1.53. The molecule has 5 heteroatoms. The molecule has 142 valence electrons. The summed E-state index contributed by atoms with van der Waals surface area (Å²) in [6.45, 7) is 4.79. The third kappa shape index (κ3) is 3.99. The Morgan fingerprint density at radius 3 is 2.57 bits per heavy atom. The highest BCUT2D eigenvalue weighted by Crippen LogP contribution is 2.29. The normalized spacial score (nSPS) is 11.2. The number of hydrogen-bond acceptors (Lipinski definition) is 4. The first-order chi connectivity index (χ1) is 13.6. The molecule has 1 aromatic heterocycles. The maximum Gasteiger partial charge on any atom is 0.266 e. The van der Waals surface area contributed by atoms with Gasteiger partial charge in [0.25, 0.3) is 5.91 Å². The van der Waals surface area contributed by atoms with Crippen LogP contribution in [-0.4, -0.2) is 24.0 Å². The molecule has 0 aliphatic heterocycles. The van der Waals surface area contributed by atoms with Gasteiger partial charge in [0.1, 0.15) is 5.75 Å². The van der Waals surface area contributed by atoms with Crippen molar-refractivity contribution in [3.8, 4) is 5.75 Å². The number of aromatic nitrogens is 1. The van der Waals surface area contributed by atoms with Gasteiger partial charge < -0.3 is 4.74 Å². The van der Waals surface area contributed by atoms with Crippen LogP contribution in [0.5, 0.6) is 5.75 Å². The van der Waals surface area contributed by atoms with Gasteiger partial charge in [0.2, 0.25) is 0 Å². The molecule has 1 heterocycles. The number of hydrogen-bond donors (Lipinski definition) is 0. The van der Waals surface area contributed by atoms with E-state index in [0.29, 0.717) is 18.2 Å². The summed E-state index contributed by atoms with van der Waals surface area (Å²) in [4.78, 5) is 19.4. The zero-order chi connectivity index (χ0) is 19.5. The second-order valence-electron chi connectivity index (χ2n) is 7.16. The molecule has 0 N–H and O–H groups in total. The molecule has 4 aromatic rings. The van der Waals surface area contributed by atoms with Gasteiger partial charge >= 0.3 is 0 Å². The highest BCUT2D eigenvalue weighted by atomic mass is 32.1. The fourth-order valence-electron chi connectivity index (χ4n) is 3.11. The average molecular weight is 391 g/mol. The predicted molar refractivity (Wildman–Crippen MR) is 116 cm³/mol. The number of thiazole rings is 1. The lowest BCUT2D eigenvalue weighted by Crippen LogP contribution is -2.37. The van der Waals surface area contributed by atoms with Crippen molar-refractivity contribution in [3.63, 3.8) is 0 Å². The van der Waals surface area contributed by atoms with Crippen LogP contribution in [0.15, 0.2) is 66.7 Å². The summed E-state index contributed by atoms with van der Waals surface area (Å²) in [5, 5.41) is 2.97. The van der Waals surface area contributed by atoms with Gasteiger partial charge in [0, 0.05) is 6.54 Å². The molecule has 0 aliphatic carbocycles. The molecule has 0 bridgehead atoms. The first-order valence-corrected chi connectivity index (χ1v) is 10.2. The van der Waals surface area contributed by atoms with Crippen molar-refractivity contribution in [2.45, 2.75) is 13.8 Å². The zero-order valence-electron chi connectivity index (χ0n) is 16.0. The Morgan fingerprint density at radius 2 is 1.79 bits per heavy atom. The van der Waals surface area contributed by atoms with Crippen LogP contribution < -0.4 is 9.64 Å². The van der Waals surface area contributed by atoms with Gasteiger partial charge in [-0.05, 0) is 41.0 Å². The quantitative estimate of drug-likeness (QED) is 0.435. The lowest BCUT2D eigenvalue weighted by atomic mass is 10.1. The smallest absolute Gasteiger partial charge is 0.266 e. The second kappa shape index (κ2) is 7.98. The van der Waals surface area contributed by atoms with Gasteiger partial charge in [-0.1, -0.05) is 67.6 Å². The molecule has 0 fully saturated rings. The number of benzene rings is 3. The fourth-order valence-corrected chi connectivity index (χ4v) is 4.10. The van der Waals surface area contributed by atoms with E-state index in [1.807, 2.05) is 60.7 Å². The third-order valence-corrected chi connectivity index (χ3v) is 5.50. The van der Waals surface area contributed by atoms with E-state index in [1.165, 1.54) is 11.3 Å². The van der Waals surface area contributed by atoms with E-state index >= 15 is 0 Å². The molecule has 0 radical (unpaired) electrons. The van der Waals surface area contributed by atoms with Crippen molar-refractivity contribution in [2.24, 2.45) is 5.92 Å². The van der Waals surface area contributed by atoms with Crippen LogP contribution in [0.3, 0.4) is 0 Å². The number of amides is 1. The molecule has 0 unspecified atom stereocenters. The lowest BCUT2D eigenvalue weighted by Gasteiger charge is -2.22. The monoisotopic (exact) mass is 390 g/mol. The van der Waals surface area contributed by atoms with E-state index in [-0.39, 0.29) is 12.5 Å². The Hall–Kier alpha value is -2.92. The van der Waals surface area contributed by atoms with Gasteiger partial charge in [-0.15, -0.1) is 0 Å². The summed E-state index contributed by atoms with van der Waals surface area (Å²) in [7, 11) is 0. The molecule has 4 rings (SSSR count). The van der Waals surface area contributed by atoms with Crippen LogP contribution >= 0.6 is 11.3 Å². The number of rotatable bonds is 6. The molecule has 0 aliphatic rings. The van der Waals surface area contributed by atoms with E-state index < -0.39 is 0 Å². The molecule has 0 saturated heterocycles. The summed E-state index contributed by atoms with van der Waals surface area (Å²) >= 11 is 1.54. The SMILES string of the molecule is CC(C)CN(C(=O)COc1ccc2ccccc2c1)c1nc2ccccc2s1. The number of nitrogens with zero attached hydrogens (tertiary/aromatic N) is 2. The van der Waals surface area contributed by atoms with Crippen LogP contribution in [0.25, 0.3) is 21.0 Å². The van der Waals surface area contributed by atoms with Crippen LogP contribution in [0.4, 0.5) is 5.13 Å². The van der Waals surface area contributed by atoms with Crippen molar-refractivity contribution >= 4 is 43.4 Å². The van der Waals surface area contributed by atoms with Crippen molar-refractivity contribution in [1.29, 1.82) is 0 Å². The number of anilines is 1. The molecule has 0 atom stereocenters. The number of para-hydroxylation sites is 1. The minimum atomic E-state index is -0.0825. The average Bonchev–Trinajstić information content (AvgIpc) is 3.14. The highest BCUT2D eigenvalue weighted by Gasteiger charge is 2.21. The highest BCUT2D eigenvalue weighted by molar-refractivity contribution is 7.22. The van der Waals surface area contributed by atoms with E-state index in [1.54, 1.807) is 4.90 Å². The Kier molecular flexibility index (Phi) is 5.26. The van der Waals surface area contributed by atoms with E-state index in [0.717, 1.165) is 26.1 Å². The first-order valence-electron chi connectivity index (χ1n) is 9.38. The number of fused-ring (bicyclic) bond motifs is 2. The maximum atomic E-state index is 13.0. The van der Waals surface area contributed by atoms with E-state index in [4.69, 9.17) is 4.74 Å². The maximum absolute atomic E-state index is 13.0. The van der Waals surface area contributed by atoms with Crippen LogP contribution in [0.1, 0.15) is 13.8 Å². The molecule has 4 nitrogen and oxygen atoms in total. The largest absolute Gasteiger partial charge is 0.484 e. The number of ether oxygens (including phenoxy) is 1. The molecular weight excluding hydrogens is 368 g/mol. The number of carbonyl (C=O) groups is 1. The fraction of sp³-hybridized carbons (Fsp3) is 0.217. The van der Waals surface area contributed by atoms with Gasteiger partial charge in [-0.2, -0.15) is 0 Å². The van der Waals surface area contributed by atoms with Crippen molar-refractivity contribution in [3.05, 3.63) is 66.7 Å². The summed E-state index contributed by atoms with van der Waals surface area (Å²) in [6, 6.07) is 21.9. The molecule has 0 saturated carbocycles. The van der Waals surface area contributed by atoms with E-state index in [9.17, 15) is 4.79 Å². The molecule has 28 heavy (non-hydrogen) atoms. The molecule has 3 aromatic carbocycles. The first kappa shape index (κ1) is 18.4. The van der Waals surface area contributed by atoms with Gasteiger partial charge in [0.15, 0.2) is 11.7 Å². The molecular formula is C23H22N2O2S. The minimum absolute atomic E-state index is 0.0129. The molecule has 1 amide bonds. The Labute approximate surface area is 168 Å². The summed E-state index contributed by atoms with van der Waals surface area (Å²) in [5.41, 5.74) is 0.916. The topological polar surface area (TPSA) is 42.4 Å². The Bertz CT molecular complexity index is 1090. The van der Waals surface area contributed by atoms with Crippen LogP contribution in [-0.2, 0) is 4.79 Å². The van der Waals surface area contributed by atoms with Crippen molar-refractivity contribution in [1.82, 2.24) is 4.98 Å². The van der Waals surface area contributed by atoms with Gasteiger partial charge in [0.05, 0.1) is 10.2 Å². The predicted octanol–water partition coefficient (Wildman–Crippen LogP) is 5.52. The van der Waals surface area contributed by atoms with Gasteiger partial charge in [-0.3, -0.25) is 9.69 Å². The minimum Gasteiger partial charge on any atom is -0.484 e. The Morgan fingerprint density at radius 1 is 1.04 bits per heavy atom. The van der Waals surface area contributed by atoms with Gasteiger partial charge in [-0.25, -0.2) is 4.98 Å². The third-order valence-electron chi connectivity index (χ3n) is 4.45. The van der Waals surface area contributed by atoms with E-state index in [2.05, 4.69) is 24.9 Å². The molecule has 0 spiro atoms. The summed E-state index contributed by atoms with van der Waals surface area (Å²) in [5.74, 6) is 0.943. The van der Waals surface area contributed by atoms with Crippen molar-refractivity contribution in [2.75, 3.05) is 18.1 Å². The summed E-state index contributed by atoms with van der Waals surface area (Å²) < 4.78 is 6.90. The zero-order valence-corrected chi connectivity index (χ0v) is 16.8. The standard InChI is InChI=1S/C23H22N2O2S/c1-16(2)14-25(23-24-20-9-5-6-10-21(20)28-23)22(26)15-27-19-12-11-17-7-3-4-8-18(17)13-19/h3-13,16H,14-15H2,1-2H3. The summed E-state index contributed by atoms with van der Waals surface area (Å²) in [6.07, 6.45) is 0. The number of carbonyl (C=O) groups excluding carboxylic acids is 1. The van der Waals surface area contributed by atoms with Crippen LogP contribution in [0.2, 0.25) is 0 Å².